The minimum absolute atomic E-state index is 0.0152. The number of carbonyl (C=O) groups excluding carboxylic acids is 1. The fraction of sp³-hybridized carbons (Fsp3) is 0.933. The molecule has 0 atom stereocenters. The first-order valence-corrected chi connectivity index (χ1v) is 7.72. The molecule has 0 bridgehead atoms. The normalized spacial score (nSPS) is 23.0. The summed E-state index contributed by atoms with van der Waals surface area (Å²) in [5.74, 6) is 0.251. The van der Waals surface area contributed by atoms with Gasteiger partial charge >= 0.3 is 0 Å². The van der Waals surface area contributed by atoms with Crippen molar-refractivity contribution in [1.82, 2.24) is 15.1 Å². The fourth-order valence-electron chi connectivity index (χ4n) is 3.06. The number of amides is 1. The molecule has 0 aromatic heterocycles. The van der Waals surface area contributed by atoms with Gasteiger partial charge in [0.15, 0.2) is 0 Å². The molecule has 1 heterocycles. The molecule has 2 fully saturated rings. The van der Waals surface area contributed by atoms with Gasteiger partial charge in [-0.2, -0.15) is 0 Å². The maximum Gasteiger partial charge on any atom is 0.236 e. The van der Waals surface area contributed by atoms with Crippen molar-refractivity contribution >= 4 is 5.91 Å². The summed E-state index contributed by atoms with van der Waals surface area (Å²) in [4.78, 5) is 16.7. The van der Waals surface area contributed by atoms with Gasteiger partial charge in [0.2, 0.25) is 5.91 Å². The Morgan fingerprint density at radius 1 is 1.11 bits per heavy atom. The molecule has 0 radical (unpaired) electrons. The van der Waals surface area contributed by atoms with Crippen LogP contribution in [0.15, 0.2) is 0 Å². The monoisotopic (exact) mass is 267 g/mol. The van der Waals surface area contributed by atoms with Crippen LogP contribution in [-0.2, 0) is 4.79 Å². The minimum Gasteiger partial charge on any atom is -0.339 e. The molecule has 1 N–H and O–H groups in total. The van der Waals surface area contributed by atoms with Crippen LogP contribution in [0.4, 0.5) is 0 Å². The van der Waals surface area contributed by atoms with Crippen molar-refractivity contribution < 1.29 is 4.79 Å². The van der Waals surface area contributed by atoms with Crippen molar-refractivity contribution in [1.29, 1.82) is 0 Å². The molecule has 0 unspecified atom stereocenters. The summed E-state index contributed by atoms with van der Waals surface area (Å²) in [5.41, 5.74) is 0.0152. The number of nitrogens with zero attached hydrogens (tertiary/aromatic N) is 2. The van der Waals surface area contributed by atoms with E-state index >= 15 is 0 Å². The molecule has 1 saturated carbocycles. The van der Waals surface area contributed by atoms with Crippen molar-refractivity contribution in [3.8, 4) is 0 Å². The van der Waals surface area contributed by atoms with E-state index in [1.165, 1.54) is 25.7 Å². The first-order chi connectivity index (χ1) is 8.96. The molecule has 1 amide bonds. The van der Waals surface area contributed by atoms with E-state index in [0.29, 0.717) is 6.54 Å². The molecule has 1 aliphatic carbocycles. The Hall–Kier alpha value is -0.610. The Morgan fingerprint density at radius 2 is 1.68 bits per heavy atom. The lowest BCUT2D eigenvalue weighted by Crippen LogP contribution is -2.54. The van der Waals surface area contributed by atoms with Crippen molar-refractivity contribution in [2.75, 3.05) is 32.7 Å². The summed E-state index contributed by atoms with van der Waals surface area (Å²) in [6.07, 6.45) is 5.50. The van der Waals surface area contributed by atoms with Crippen LogP contribution in [-0.4, -0.2) is 60.0 Å². The molecule has 1 saturated heterocycles. The number of nitrogens with one attached hydrogen (secondary N) is 1. The molecule has 0 aromatic carbocycles. The lowest BCUT2D eigenvalue weighted by Gasteiger charge is -2.38. The molecule has 0 spiro atoms. The SMILES string of the molecule is CC(C)(C)NCC(=O)N1CCN(C2CCCC2)CC1. The third kappa shape index (κ3) is 4.46. The van der Waals surface area contributed by atoms with Crippen molar-refractivity contribution in [2.45, 2.75) is 58.0 Å². The van der Waals surface area contributed by atoms with Gasteiger partial charge in [0, 0.05) is 37.8 Å². The molecule has 2 rings (SSSR count). The van der Waals surface area contributed by atoms with E-state index in [9.17, 15) is 4.79 Å². The van der Waals surface area contributed by atoms with Gasteiger partial charge in [0.25, 0.3) is 0 Å². The van der Waals surface area contributed by atoms with E-state index in [-0.39, 0.29) is 11.4 Å². The van der Waals surface area contributed by atoms with E-state index in [1.54, 1.807) is 0 Å². The van der Waals surface area contributed by atoms with Crippen molar-refractivity contribution in [3.05, 3.63) is 0 Å². The van der Waals surface area contributed by atoms with E-state index in [0.717, 1.165) is 32.2 Å². The maximum atomic E-state index is 12.1. The van der Waals surface area contributed by atoms with Crippen LogP contribution in [0.3, 0.4) is 0 Å². The molecule has 110 valence electrons. The number of hydrogen-bond acceptors (Lipinski definition) is 3. The average molecular weight is 267 g/mol. The van der Waals surface area contributed by atoms with Gasteiger partial charge in [-0.05, 0) is 33.6 Å². The molecule has 1 aliphatic heterocycles. The molecule has 0 aromatic rings. The summed E-state index contributed by atoms with van der Waals surface area (Å²) in [6.45, 7) is 10.7. The Balaban J connectivity index is 1.71. The summed E-state index contributed by atoms with van der Waals surface area (Å²) in [5, 5.41) is 3.28. The minimum atomic E-state index is 0.0152. The molecule has 2 aliphatic rings. The largest absolute Gasteiger partial charge is 0.339 e. The van der Waals surface area contributed by atoms with Crippen LogP contribution in [0.5, 0.6) is 0 Å². The molecular weight excluding hydrogens is 238 g/mol. The van der Waals surface area contributed by atoms with Gasteiger partial charge in [-0.1, -0.05) is 12.8 Å². The third-order valence-electron chi connectivity index (χ3n) is 4.28. The summed E-state index contributed by atoms with van der Waals surface area (Å²) < 4.78 is 0. The molecular formula is C15H29N3O. The van der Waals surface area contributed by atoms with E-state index in [2.05, 4.69) is 31.0 Å². The van der Waals surface area contributed by atoms with Crippen LogP contribution >= 0.6 is 0 Å². The second kappa shape index (κ2) is 6.23. The molecule has 4 heteroatoms. The highest BCUT2D eigenvalue weighted by atomic mass is 16.2. The first kappa shape index (κ1) is 14.8. The lowest BCUT2D eigenvalue weighted by atomic mass is 10.1. The topological polar surface area (TPSA) is 35.6 Å². The summed E-state index contributed by atoms with van der Waals surface area (Å²) in [6, 6.07) is 0.796. The van der Waals surface area contributed by atoms with Gasteiger partial charge in [0.05, 0.1) is 6.54 Å². The van der Waals surface area contributed by atoms with Gasteiger partial charge < -0.3 is 10.2 Å². The van der Waals surface area contributed by atoms with Crippen LogP contribution in [0.25, 0.3) is 0 Å². The number of piperazine rings is 1. The highest BCUT2D eigenvalue weighted by Gasteiger charge is 2.27. The zero-order valence-corrected chi connectivity index (χ0v) is 12.7. The fourth-order valence-corrected chi connectivity index (χ4v) is 3.06. The number of carbonyl (C=O) groups is 1. The predicted octanol–water partition coefficient (Wildman–Crippen LogP) is 1.46. The van der Waals surface area contributed by atoms with Crippen molar-refractivity contribution in [3.63, 3.8) is 0 Å². The van der Waals surface area contributed by atoms with E-state index < -0.39 is 0 Å². The highest BCUT2D eigenvalue weighted by molar-refractivity contribution is 5.78. The van der Waals surface area contributed by atoms with Gasteiger partial charge in [-0.15, -0.1) is 0 Å². The average Bonchev–Trinajstić information content (AvgIpc) is 2.89. The van der Waals surface area contributed by atoms with Crippen LogP contribution in [0.2, 0.25) is 0 Å². The second-order valence-corrected chi connectivity index (χ2v) is 6.96. The zero-order valence-electron chi connectivity index (χ0n) is 12.7. The summed E-state index contributed by atoms with van der Waals surface area (Å²) in [7, 11) is 0. The Morgan fingerprint density at radius 3 is 2.21 bits per heavy atom. The summed E-state index contributed by atoms with van der Waals surface area (Å²) >= 11 is 0. The van der Waals surface area contributed by atoms with Crippen LogP contribution in [0.1, 0.15) is 46.5 Å². The number of hydrogen-bond donors (Lipinski definition) is 1. The smallest absolute Gasteiger partial charge is 0.236 e. The standard InChI is InChI=1S/C15H29N3O/c1-15(2,3)16-12-14(19)18-10-8-17(9-11-18)13-6-4-5-7-13/h13,16H,4-12H2,1-3H3. The Labute approximate surface area is 117 Å². The Bertz CT molecular complexity index is 297. The lowest BCUT2D eigenvalue weighted by molar-refractivity contribution is -0.132. The zero-order chi connectivity index (χ0) is 13.9. The van der Waals surface area contributed by atoms with E-state index in [1.807, 2.05) is 4.90 Å². The third-order valence-corrected chi connectivity index (χ3v) is 4.28. The van der Waals surface area contributed by atoms with Gasteiger partial charge in [0.1, 0.15) is 0 Å². The van der Waals surface area contributed by atoms with Crippen molar-refractivity contribution in [2.24, 2.45) is 0 Å². The molecule has 4 nitrogen and oxygen atoms in total. The second-order valence-electron chi connectivity index (χ2n) is 6.96. The Kier molecular flexibility index (Phi) is 4.85. The quantitative estimate of drug-likeness (QED) is 0.841. The molecule has 19 heavy (non-hydrogen) atoms. The number of rotatable bonds is 3. The van der Waals surface area contributed by atoms with E-state index in [4.69, 9.17) is 0 Å². The first-order valence-electron chi connectivity index (χ1n) is 7.72. The maximum absolute atomic E-state index is 12.1. The van der Waals surface area contributed by atoms with Crippen LogP contribution < -0.4 is 5.32 Å². The van der Waals surface area contributed by atoms with Gasteiger partial charge in [-0.3, -0.25) is 9.69 Å². The predicted molar refractivity (Wildman–Crippen MR) is 78.2 cm³/mol. The van der Waals surface area contributed by atoms with Crippen LogP contribution in [0, 0.1) is 0 Å². The highest BCUT2D eigenvalue weighted by Crippen LogP contribution is 2.24. The van der Waals surface area contributed by atoms with Gasteiger partial charge in [-0.25, -0.2) is 0 Å².